The van der Waals surface area contributed by atoms with Crippen molar-refractivity contribution in [3.8, 4) is 5.75 Å². The summed E-state index contributed by atoms with van der Waals surface area (Å²) in [5.41, 5.74) is -0.374. The molecule has 0 spiro atoms. The fourth-order valence-electron chi connectivity index (χ4n) is 3.19. The van der Waals surface area contributed by atoms with Gasteiger partial charge in [-0.3, -0.25) is 4.57 Å². The lowest BCUT2D eigenvalue weighted by Crippen LogP contribution is -2.57. The van der Waals surface area contributed by atoms with Crippen LogP contribution in [0.15, 0.2) is 62.2 Å². The molecule has 0 saturated heterocycles. The monoisotopic (exact) mass is 506 g/mol. The number of hydrogen-bond donors (Lipinski definition) is 1. The summed E-state index contributed by atoms with van der Waals surface area (Å²) >= 11 is 12.3. The third-order valence-electron chi connectivity index (χ3n) is 4.75. The maximum atomic E-state index is 13.3. The molecule has 0 aliphatic rings. The Kier molecular flexibility index (Phi) is 8.30. The normalized spacial score (nSPS) is 11.7. The molecule has 0 radical (unpaired) electrons. The number of nitrogens with two attached hydrogens (primary N) is 1. The summed E-state index contributed by atoms with van der Waals surface area (Å²) in [5, 5.41) is 3.63. The first-order chi connectivity index (χ1) is 16.2. The lowest BCUT2D eigenvalue weighted by Gasteiger charge is -2.14. The molecular weight excluding hydrogens is 483 g/mol. The van der Waals surface area contributed by atoms with Crippen LogP contribution in [0.25, 0.3) is 0 Å². The molecule has 0 unspecified atom stereocenters. The van der Waals surface area contributed by atoms with Crippen LogP contribution < -0.4 is 27.6 Å². The number of nitrogen functional groups attached to an aromatic ring is 1. The van der Waals surface area contributed by atoms with Gasteiger partial charge in [0.1, 0.15) is 5.75 Å². The average Bonchev–Trinajstić information content (AvgIpc) is 2.79. The van der Waals surface area contributed by atoms with E-state index in [-0.39, 0.29) is 37.8 Å². The fourth-order valence-corrected chi connectivity index (χ4v) is 3.54. The molecule has 0 fully saturated rings. The third-order valence-corrected chi connectivity index (χ3v) is 5.30. The number of nitroso groups, excluding NO2 is 1. The summed E-state index contributed by atoms with van der Waals surface area (Å²) in [4.78, 5) is 41.0. The van der Waals surface area contributed by atoms with Gasteiger partial charge < -0.3 is 10.6 Å². The zero-order valence-electron chi connectivity index (χ0n) is 18.6. The molecule has 0 aliphatic heterocycles. The molecule has 0 bridgehead atoms. The molecule has 180 valence electrons. The Labute approximate surface area is 204 Å². The number of ether oxygens (including phenoxy) is 1. The van der Waals surface area contributed by atoms with Crippen molar-refractivity contribution >= 4 is 28.9 Å². The highest BCUT2D eigenvalue weighted by atomic mass is 35.5. The van der Waals surface area contributed by atoms with Crippen molar-refractivity contribution in [2.24, 2.45) is 10.2 Å². The molecule has 0 aliphatic carbocycles. The van der Waals surface area contributed by atoms with Crippen LogP contribution in [-0.4, -0.2) is 26.5 Å². The number of benzene rings is 2. The van der Waals surface area contributed by atoms with Gasteiger partial charge in [0, 0.05) is 11.6 Å². The second-order valence-corrected chi connectivity index (χ2v) is 8.54. The van der Waals surface area contributed by atoms with E-state index in [9.17, 15) is 14.5 Å². The van der Waals surface area contributed by atoms with E-state index in [0.717, 1.165) is 14.8 Å². The third kappa shape index (κ3) is 5.95. The first-order valence-electron chi connectivity index (χ1n) is 10.5. The van der Waals surface area contributed by atoms with E-state index in [1.54, 1.807) is 42.5 Å². The highest BCUT2D eigenvalue weighted by Gasteiger charge is 2.14. The Morgan fingerprint density at radius 3 is 2.35 bits per heavy atom. The van der Waals surface area contributed by atoms with Crippen molar-refractivity contribution in [1.82, 2.24) is 13.8 Å². The number of nitrogens with zero attached hydrogens (tertiary/aromatic N) is 5. The Morgan fingerprint density at radius 1 is 1.03 bits per heavy atom. The number of aromatic nitrogens is 3. The van der Waals surface area contributed by atoms with Crippen molar-refractivity contribution in [1.29, 1.82) is 0 Å². The zero-order valence-corrected chi connectivity index (χ0v) is 20.2. The van der Waals surface area contributed by atoms with Crippen molar-refractivity contribution in [3.63, 3.8) is 0 Å². The molecule has 2 aromatic carbocycles. The molecule has 10 nitrogen and oxygen atoms in total. The summed E-state index contributed by atoms with van der Waals surface area (Å²) in [5.74, 6) is 6.56. The first kappa shape index (κ1) is 25.3. The summed E-state index contributed by atoms with van der Waals surface area (Å²) in [7, 11) is 0. The van der Waals surface area contributed by atoms with E-state index in [0.29, 0.717) is 21.5 Å². The molecule has 34 heavy (non-hydrogen) atoms. The Bertz CT molecular complexity index is 1360. The zero-order chi connectivity index (χ0) is 24.8. The number of rotatable bonds is 9. The Balaban J connectivity index is 2.19. The van der Waals surface area contributed by atoms with Gasteiger partial charge in [0.2, 0.25) is 5.62 Å². The quantitative estimate of drug-likeness (QED) is 0.271. The molecule has 12 heteroatoms. The van der Waals surface area contributed by atoms with Gasteiger partial charge >= 0.3 is 11.4 Å². The van der Waals surface area contributed by atoms with Crippen LogP contribution >= 0.6 is 23.2 Å². The lowest BCUT2D eigenvalue weighted by molar-refractivity contribution is 0.242. The second-order valence-electron chi connectivity index (χ2n) is 7.70. The van der Waals surface area contributed by atoms with Gasteiger partial charge in [-0.1, -0.05) is 40.5 Å². The van der Waals surface area contributed by atoms with E-state index >= 15 is 0 Å². The lowest BCUT2D eigenvalue weighted by atomic mass is 10.2. The Morgan fingerprint density at radius 2 is 1.74 bits per heavy atom. The van der Waals surface area contributed by atoms with E-state index in [1.807, 2.05) is 13.8 Å². The molecule has 3 aromatic rings. The molecule has 1 heterocycles. The summed E-state index contributed by atoms with van der Waals surface area (Å²) in [6.45, 7) is 3.77. The van der Waals surface area contributed by atoms with Gasteiger partial charge in [-0.05, 0) is 56.2 Å². The van der Waals surface area contributed by atoms with Crippen molar-refractivity contribution in [2.45, 2.75) is 39.5 Å². The SMILES string of the molecule is CC(C)Oc1ccc(/N=c2\n(N)c(=O)n(CCCN=O)c(=O)n2Cc2ccc(Cl)cc2)cc1Cl. The smallest absolute Gasteiger partial charge is 0.353 e. The standard InChI is InChI=1S/C22H24Cl2N6O4/c1-14(2)34-19-9-8-17(12-18(19)24)27-20-29(13-15-4-6-16(23)7-5-15)21(31)28(11-3-10-26-33)22(32)30(20)25/h4-9,12,14H,3,10-11,13,25H2,1-2H3/b27-20-. The maximum Gasteiger partial charge on any atom is 0.353 e. The predicted octanol–water partition coefficient (Wildman–Crippen LogP) is 3.06. The van der Waals surface area contributed by atoms with Gasteiger partial charge in [0.25, 0.3) is 0 Å². The minimum atomic E-state index is -0.770. The summed E-state index contributed by atoms with van der Waals surface area (Å²) in [6, 6.07) is 11.7. The highest BCUT2D eigenvalue weighted by Crippen LogP contribution is 2.29. The van der Waals surface area contributed by atoms with E-state index in [4.69, 9.17) is 33.8 Å². The van der Waals surface area contributed by atoms with Crippen LogP contribution in [0.2, 0.25) is 10.0 Å². The summed E-state index contributed by atoms with van der Waals surface area (Å²) < 4.78 is 8.64. The van der Waals surface area contributed by atoms with Crippen molar-refractivity contribution < 1.29 is 4.74 Å². The molecule has 3 rings (SSSR count). The van der Waals surface area contributed by atoms with Crippen LogP contribution in [0.4, 0.5) is 5.69 Å². The number of halogens is 2. The minimum absolute atomic E-state index is 0.0193. The number of hydrogen-bond acceptors (Lipinski definition) is 7. The highest BCUT2D eigenvalue weighted by molar-refractivity contribution is 6.32. The Hall–Kier alpha value is -3.37. The average molecular weight is 507 g/mol. The van der Waals surface area contributed by atoms with Gasteiger partial charge in [-0.2, -0.15) is 9.58 Å². The molecule has 1 aromatic heterocycles. The molecule has 0 saturated carbocycles. The van der Waals surface area contributed by atoms with Gasteiger partial charge in [-0.25, -0.2) is 19.1 Å². The van der Waals surface area contributed by atoms with Crippen LogP contribution in [0.5, 0.6) is 5.75 Å². The van der Waals surface area contributed by atoms with E-state index in [1.165, 1.54) is 4.57 Å². The fraction of sp³-hybridized carbons (Fsp3) is 0.318. The van der Waals surface area contributed by atoms with Gasteiger partial charge in [0.05, 0.1) is 29.9 Å². The molecule has 0 atom stereocenters. The van der Waals surface area contributed by atoms with E-state index in [2.05, 4.69) is 10.2 Å². The van der Waals surface area contributed by atoms with Crippen LogP contribution in [0.3, 0.4) is 0 Å². The van der Waals surface area contributed by atoms with Gasteiger partial charge in [-0.15, -0.1) is 0 Å². The van der Waals surface area contributed by atoms with Crippen molar-refractivity contribution in [2.75, 3.05) is 12.4 Å². The molecule has 2 N–H and O–H groups in total. The van der Waals surface area contributed by atoms with E-state index < -0.39 is 11.4 Å². The van der Waals surface area contributed by atoms with Crippen LogP contribution in [0, 0.1) is 4.91 Å². The molecule has 0 amide bonds. The minimum Gasteiger partial charge on any atom is -0.489 e. The maximum absolute atomic E-state index is 13.3. The van der Waals surface area contributed by atoms with Crippen LogP contribution in [-0.2, 0) is 13.1 Å². The molecular formula is C22H24Cl2N6O4. The first-order valence-corrected chi connectivity index (χ1v) is 11.2. The second kappa shape index (κ2) is 11.2. The van der Waals surface area contributed by atoms with Gasteiger partial charge in [0.15, 0.2) is 0 Å². The van der Waals surface area contributed by atoms with Crippen LogP contribution in [0.1, 0.15) is 25.8 Å². The largest absolute Gasteiger partial charge is 0.489 e. The summed E-state index contributed by atoms with van der Waals surface area (Å²) in [6.07, 6.45) is 0.140. The topological polar surface area (TPSA) is 126 Å². The predicted molar refractivity (Wildman–Crippen MR) is 131 cm³/mol. The van der Waals surface area contributed by atoms with Crippen molar-refractivity contribution in [3.05, 3.63) is 89.6 Å².